The Morgan fingerprint density at radius 3 is 2.31 bits per heavy atom. The first-order valence-corrected chi connectivity index (χ1v) is 10.5. The van der Waals surface area contributed by atoms with E-state index in [1.54, 1.807) is 0 Å². The summed E-state index contributed by atoms with van der Waals surface area (Å²) in [5.74, 6) is 0. The van der Waals surface area contributed by atoms with Crippen LogP contribution in [0.1, 0.15) is 0 Å². The van der Waals surface area contributed by atoms with Crippen molar-refractivity contribution < 1.29 is 0 Å². The molecule has 0 N–H and O–H groups in total. The van der Waals surface area contributed by atoms with Gasteiger partial charge in [0.25, 0.3) is 0 Å². The van der Waals surface area contributed by atoms with E-state index >= 15 is 0 Å². The van der Waals surface area contributed by atoms with E-state index < -0.39 is 0 Å². The molecule has 0 spiro atoms. The van der Waals surface area contributed by atoms with Crippen LogP contribution >= 0.6 is 0 Å². The third-order valence-electron chi connectivity index (χ3n) is 4.78. The fourth-order valence-corrected chi connectivity index (χ4v) is 5.77. The number of rotatable bonds is 2. The third-order valence-corrected chi connectivity index (χ3v) is 7.12. The Morgan fingerprint density at radius 2 is 1.62 bits per heavy atom. The van der Waals surface area contributed by atoms with Crippen LogP contribution < -0.4 is 14.8 Å². The fourth-order valence-electron chi connectivity index (χ4n) is 3.34. The van der Waals surface area contributed by atoms with Crippen molar-refractivity contribution in [1.82, 2.24) is 4.58 Å². The zero-order valence-electron chi connectivity index (χ0n) is 15.7. The zero-order valence-corrected chi connectivity index (χ0v) is 17.4. The van der Waals surface area contributed by atoms with Gasteiger partial charge in [-0.05, 0) is 0 Å². The second-order valence-corrected chi connectivity index (χ2v) is 9.27. The van der Waals surface area contributed by atoms with Crippen molar-refractivity contribution in [3.05, 3.63) is 72.1 Å². The molecule has 0 aromatic heterocycles. The average Bonchev–Trinajstić information content (AvgIpc) is 2.65. The van der Waals surface area contributed by atoms with Crippen LogP contribution in [-0.4, -0.2) is 42.7 Å². The molecular formula is C23H23N2Se+. The molecular weight excluding hydrogens is 383 g/mol. The number of hydrogen-bond donors (Lipinski definition) is 0. The Morgan fingerprint density at radius 1 is 0.846 bits per heavy atom. The second kappa shape index (κ2) is 6.75. The van der Waals surface area contributed by atoms with E-state index in [0.29, 0.717) is 14.5 Å². The molecule has 0 bridgehead atoms. The molecule has 1 heterocycles. The molecule has 130 valence electrons. The molecule has 2 nitrogen and oxygen atoms in total. The van der Waals surface area contributed by atoms with Gasteiger partial charge in [-0.1, -0.05) is 0 Å². The Hall–Kier alpha value is -2.35. The molecule has 4 rings (SSSR count). The normalized spacial score (nSPS) is 11.1. The van der Waals surface area contributed by atoms with E-state index in [2.05, 4.69) is 104 Å². The molecule has 2 aromatic rings. The summed E-state index contributed by atoms with van der Waals surface area (Å²) in [4.78, 5) is 2.18. The van der Waals surface area contributed by atoms with Crippen molar-refractivity contribution in [2.75, 3.05) is 33.1 Å². The minimum atomic E-state index is 0.307. The van der Waals surface area contributed by atoms with Gasteiger partial charge in [0.15, 0.2) is 0 Å². The third kappa shape index (κ3) is 2.98. The monoisotopic (exact) mass is 407 g/mol. The van der Waals surface area contributed by atoms with Gasteiger partial charge in [-0.25, -0.2) is 0 Å². The van der Waals surface area contributed by atoms with E-state index in [4.69, 9.17) is 0 Å². The Labute approximate surface area is 160 Å². The Balaban J connectivity index is 2.15. The van der Waals surface area contributed by atoms with Crippen LogP contribution in [0, 0.1) is 0 Å². The van der Waals surface area contributed by atoms with E-state index in [1.165, 1.54) is 41.8 Å². The molecule has 0 amide bonds. The molecule has 0 saturated carbocycles. The maximum absolute atomic E-state index is 2.36. The number of fused-ring (bicyclic) bond motifs is 2. The molecule has 3 heteroatoms. The first-order chi connectivity index (χ1) is 12.5. The summed E-state index contributed by atoms with van der Waals surface area (Å²) in [6.45, 7) is 0. The summed E-state index contributed by atoms with van der Waals surface area (Å²) in [5.41, 5.74) is 5.30. The molecule has 0 fully saturated rings. The fraction of sp³-hybridized carbons (Fsp3) is 0.174. The average molecular weight is 406 g/mol. The van der Waals surface area contributed by atoms with Crippen LogP contribution in [0.2, 0.25) is 0 Å². The first kappa shape index (κ1) is 17.1. The molecule has 1 aliphatic heterocycles. The van der Waals surface area contributed by atoms with Gasteiger partial charge < -0.3 is 0 Å². The van der Waals surface area contributed by atoms with Crippen LogP contribution in [0.25, 0.3) is 30.8 Å². The van der Waals surface area contributed by atoms with Crippen LogP contribution in [0.15, 0.2) is 66.7 Å². The quantitative estimate of drug-likeness (QED) is 0.279. The van der Waals surface area contributed by atoms with Gasteiger partial charge in [0.2, 0.25) is 0 Å². The van der Waals surface area contributed by atoms with Crippen LogP contribution in [0.4, 0.5) is 5.69 Å². The summed E-state index contributed by atoms with van der Waals surface area (Å²) in [7, 11) is 8.43. The van der Waals surface area contributed by atoms with Crippen LogP contribution in [-0.2, 0) is 0 Å². The summed E-state index contributed by atoms with van der Waals surface area (Å²) in [6, 6.07) is 24.6. The molecule has 2 aromatic carbocycles. The number of anilines is 1. The first-order valence-electron chi connectivity index (χ1n) is 8.78. The molecule has 0 radical (unpaired) electrons. The van der Waals surface area contributed by atoms with Crippen molar-refractivity contribution in [2.45, 2.75) is 0 Å². The number of hydrogen-bond acceptors (Lipinski definition) is 1. The predicted molar refractivity (Wildman–Crippen MR) is 114 cm³/mol. The van der Waals surface area contributed by atoms with E-state index in [-0.39, 0.29) is 0 Å². The van der Waals surface area contributed by atoms with Crippen LogP contribution in [0.3, 0.4) is 0 Å². The summed E-state index contributed by atoms with van der Waals surface area (Å²) < 4.78 is 5.11. The maximum atomic E-state index is 2.36. The molecule has 0 atom stereocenters. The predicted octanol–water partition coefficient (Wildman–Crippen LogP) is 3.77. The van der Waals surface area contributed by atoms with Gasteiger partial charge in [-0.3, -0.25) is 0 Å². The second-order valence-electron chi connectivity index (χ2n) is 6.99. The number of nitrogens with zero attached hydrogens (tertiary/aromatic N) is 2. The van der Waals surface area contributed by atoms with E-state index in [9.17, 15) is 0 Å². The van der Waals surface area contributed by atoms with Gasteiger partial charge in [0.05, 0.1) is 0 Å². The SMILES string of the molecule is CN(C)c1ccc2c(-c3ccccc3)c3ccc(=[N+](C)C)cc-3[se]c2c1. The number of benzene rings is 3. The molecule has 0 saturated heterocycles. The Kier molecular flexibility index (Phi) is 4.44. The van der Waals surface area contributed by atoms with Crippen molar-refractivity contribution in [2.24, 2.45) is 0 Å². The standard InChI is InChI=1S/C23H23N2Se/c1-24(2)17-10-12-19-21(14-17)26-22-15-18(25(3)4)11-13-20(22)23(19)16-8-6-5-7-9-16/h5-15H,1-4H3/q+1. The van der Waals surface area contributed by atoms with Gasteiger partial charge in [-0.15, -0.1) is 0 Å². The molecule has 1 aliphatic carbocycles. The van der Waals surface area contributed by atoms with Crippen molar-refractivity contribution >= 4 is 29.8 Å². The van der Waals surface area contributed by atoms with Crippen molar-refractivity contribution in [1.29, 1.82) is 0 Å². The van der Waals surface area contributed by atoms with Gasteiger partial charge in [-0.2, -0.15) is 0 Å². The van der Waals surface area contributed by atoms with Gasteiger partial charge in [0, 0.05) is 0 Å². The molecule has 2 aliphatic rings. The van der Waals surface area contributed by atoms with E-state index in [1.807, 2.05) is 0 Å². The summed E-state index contributed by atoms with van der Waals surface area (Å²) >= 11 is 0.307. The molecule has 26 heavy (non-hydrogen) atoms. The Bertz CT molecular complexity index is 1120. The van der Waals surface area contributed by atoms with Crippen molar-refractivity contribution in [3.63, 3.8) is 0 Å². The summed E-state index contributed by atoms with van der Waals surface area (Å²) in [5, 5.41) is 2.65. The van der Waals surface area contributed by atoms with Gasteiger partial charge in [0.1, 0.15) is 0 Å². The van der Waals surface area contributed by atoms with E-state index in [0.717, 1.165) is 0 Å². The zero-order chi connectivity index (χ0) is 18.3. The summed E-state index contributed by atoms with van der Waals surface area (Å²) in [6.07, 6.45) is 0. The van der Waals surface area contributed by atoms with Crippen LogP contribution in [0.5, 0.6) is 0 Å². The topological polar surface area (TPSA) is 6.25 Å². The van der Waals surface area contributed by atoms with Gasteiger partial charge >= 0.3 is 161 Å². The minimum absolute atomic E-state index is 0.307. The molecule has 0 unspecified atom stereocenters. The van der Waals surface area contributed by atoms with Crippen molar-refractivity contribution in [3.8, 4) is 21.1 Å².